The highest BCUT2D eigenvalue weighted by Crippen LogP contribution is 2.40. The van der Waals surface area contributed by atoms with E-state index in [9.17, 15) is 34.4 Å². The summed E-state index contributed by atoms with van der Waals surface area (Å²) < 4.78 is 112. The van der Waals surface area contributed by atoms with E-state index in [0.717, 1.165) is 24.3 Å². The zero-order valence-corrected chi connectivity index (χ0v) is 20.8. The third-order valence-electron chi connectivity index (χ3n) is 5.94. The van der Waals surface area contributed by atoms with Crippen molar-refractivity contribution in [1.29, 1.82) is 0 Å². The number of sulfone groups is 1. The lowest BCUT2D eigenvalue weighted by Gasteiger charge is -2.27. The molecule has 2 aromatic rings. The minimum Gasteiger partial charge on any atom is -0.317 e. The third kappa shape index (κ3) is 5.88. The number of rotatable bonds is 9. The highest BCUT2D eigenvalue weighted by atomic mass is 32.2. The number of sulfonamides is 1. The predicted molar refractivity (Wildman–Crippen MR) is 129 cm³/mol. The van der Waals surface area contributed by atoms with E-state index in [1.54, 1.807) is 0 Å². The first kappa shape index (κ1) is 28.0. The molecule has 0 aliphatic carbocycles. The Kier molecular flexibility index (Phi) is 8.44. The number of hydrogen-bond acceptors (Lipinski definition) is 5. The lowest BCUT2D eigenvalue weighted by atomic mass is 10.0. The van der Waals surface area contributed by atoms with Crippen molar-refractivity contribution in [3.05, 3.63) is 90.3 Å². The number of halogens is 4. The molecule has 1 fully saturated rings. The van der Waals surface area contributed by atoms with E-state index in [2.05, 4.69) is 23.2 Å². The fourth-order valence-corrected chi connectivity index (χ4v) is 7.40. The quantitative estimate of drug-likeness (QED) is 0.358. The Morgan fingerprint density at radius 1 is 0.944 bits per heavy atom. The molecule has 1 aliphatic rings. The van der Waals surface area contributed by atoms with Crippen molar-refractivity contribution in [2.75, 3.05) is 13.1 Å². The van der Waals surface area contributed by atoms with Gasteiger partial charge in [-0.2, -0.15) is 13.2 Å². The highest BCUT2D eigenvalue weighted by molar-refractivity contribution is 7.92. The smallest absolute Gasteiger partial charge is 0.317 e. The molecule has 2 unspecified atom stereocenters. The molecule has 0 bridgehead atoms. The van der Waals surface area contributed by atoms with Crippen LogP contribution in [0.1, 0.15) is 40.0 Å². The van der Waals surface area contributed by atoms with Gasteiger partial charge in [-0.05, 0) is 55.8 Å². The van der Waals surface area contributed by atoms with Crippen LogP contribution < -0.4 is 10.0 Å². The Labute approximate surface area is 208 Å². The van der Waals surface area contributed by atoms with E-state index in [0.29, 0.717) is 38.1 Å². The van der Waals surface area contributed by atoms with Crippen molar-refractivity contribution < 1.29 is 34.4 Å². The summed E-state index contributed by atoms with van der Waals surface area (Å²) in [7, 11) is -8.93. The molecular formula is C24H26F4N2O4S2. The van der Waals surface area contributed by atoms with Gasteiger partial charge in [0.25, 0.3) is 0 Å². The van der Waals surface area contributed by atoms with Crippen molar-refractivity contribution in [3.8, 4) is 0 Å². The number of nitrogens with one attached hydrogen (secondary N) is 2. The van der Waals surface area contributed by atoms with Crippen LogP contribution in [0.2, 0.25) is 0 Å². The fourth-order valence-electron chi connectivity index (χ4n) is 4.15. The molecule has 36 heavy (non-hydrogen) atoms. The summed E-state index contributed by atoms with van der Waals surface area (Å²) in [6, 6.07) is 6.46. The maximum Gasteiger partial charge on any atom is 0.416 e. The molecule has 2 aromatic carbocycles. The van der Waals surface area contributed by atoms with Gasteiger partial charge in [0.05, 0.1) is 10.5 Å². The van der Waals surface area contributed by atoms with Crippen LogP contribution in [0.3, 0.4) is 0 Å². The van der Waals surface area contributed by atoms with Crippen LogP contribution in [0.4, 0.5) is 17.6 Å². The SMILES string of the molecule is C=CC(c1cc(S(=O)(=O)C(C=C)c2ccccc2F)ccc1C(F)(F)F)S(=O)(=O)NC1CCNCC1. The molecule has 0 amide bonds. The maximum atomic E-state index is 14.4. The molecule has 0 aromatic heterocycles. The standard InChI is InChI=1S/C24H26F4N2O4S2/c1-3-22(18-7-5-6-8-21(18)25)35(31,32)17-9-10-20(24(26,27)28)19(15-17)23(4-2)36(33,34)30-16-11-13-29-14-12-16/h3-10,15-16,22-23,29-30H,1-2,11-14H2. The van der Waals surface area contributed by atoms with Gasteiger partial charge in [-0.25, -0.2) is 25.9 Å². The third-order valence-corrected chi connectivity index (χ3v) is 9.74. The van der Waals surface area contributed by atoms with Crippen molar-refractivity contribution in [1.82, 2.24) is 10.0 Å². The average molecular weight is 547 g/mol. The minimum absolute atomic E-state index is 0.241. The second-order valence-electron chi connectivity index (χ2n) is 8.31. The summed E-state index contributed by atoms with van der Waals surface area (Å²) >= 11 is 0. The topological polar surface area (TPSA) is 92.3 Å². The van der Waals surface area contributed by atoms with Crippen molar-refractivity contribution in [2.45, 2.75) is 40.5 Å². The van der Waals surface area contributed by atoms with Crippen LogP contribution in [0.5, 0.6) is 0 Å². The zero-order valence-electron chi connectivity index (χ0n) is 19.1. The highest BCUT2D eigenvalue weighted by Gasteiger charge is 2.40. The van der Waals surface area contributed by atoms with Gasteiger partial charge in [0.2, 0.25) is 10.0 Å². The van der Waals surface area contributed by atoms with Gasteiger partial charge in [-0.3, -0.25) is 0 Å². The molecule has 2 N–H and O–H groups in total. The van der Waals surface area contributed by atoms with Gasteiger partial charge in [-0.1, -0.05) is 30.4 Å². The zero-order chi connectivity index (χ0) is 26.7. The molecule has 1 aliphatic heterocycles. The predicted octanol–water partition coefficient (Wildman–Crippen LogP) is 4.44. The molecule has 1 heterocycles. The fraction of sp³-hybridized carbons (Fsp3) is 0.333. The minimum atomic E-state index is -4.98. The summed E-state index contributed by atoms with van der Waals surface area (Å²) in [5, 5.41) is -0.453. The van der Waals surface area contributed by atoms with Crippen LogP contribution in [-0.2, 0) is 26.0 Å². The molecule has 1 saturated heterocycles. The first-order valence-corrected chi connectivity index (χ1v) is 14.1. The van der Waals surface area contributed by atoms with Gasteiger partial charge >= 0.3 is 6.18 Å². The number of benzene rings is 2. The molecule has 196 valence electrons. The first-order valence-electron chi connectivity index (χ1n) is 11.0. The maximum absolute atomic E-state index is 14.4. The Morgan fingerprint density at radius 2 is 1.56 bits per heavy atom. The van der Waals surface area contributed by atoms with Gasteiger partial charge in [-0.15, -0.1) is 13.2 Å². The first-order chi connectivity index (χ1) is 16.8. The second kappa shape index (κ2) is 10.8. The Balaban J connectivity index is 2.14. The lowest BCUT2D eigenvalue weighted by Crippen LogP contribution is -2.44. The van der Waals surface area contributed by atoms with Crippen LogP contribution >= 0.6 is 0 Å². The number of alkyl halides is 3. The summed E-state index contributed by atoms with van der Waals surface area (Å²) in [6.45, 7) is 7.93. The summed E-state index contributed by atoms with van der Waals surface area (Å²) in [5.41, 5.74) is -2.35. The number of hydrogen-bond donors (Lipinski definition) is 2. The van der Waals surface area contributed by atoms with Gasteiger partial charge in [0.1, 0.15) is 16.3 Å². The van der Waals surface area contributed by atoms with Crippen molar-refractivity contribution in [2.24, 2.45) is 0 Å². The molecule has 0 saturated carbocycles. The van der Waals surface area contributed by atoms with Crippen molar-refractivity contribution >= 4 is 19.9 Å². The van der Waals surface area contributed by atoms with Crippen molar-refractivity contribution in [3.63, 3.8) is 0 Å². The number of piperidine rings is 1. The Bertz CT molecular complexity index is 1340. The molecule has 0 spiro atoms. The van der Waals surface area contributed by atoms with Gasteiger partial charge in [0.15, 0.2) is 9.84 Å². The van der Waals surface area contributed by atoms with Crippen LogP contribution in [-0.4, -0.2) is 36.0 Å². The molecule has 0 radical (unpaired) electrons. The largest absolute Gasteiger partial charge is 0.416 e. The van der Waals surface area contributed by atoms with Gasteiger partial charge in [0, 0.05) is 11.6 Å². The average Bonchev–Trinajstić information content (AvgIpc) is 2.80. The second-order valence-corrected chi connectivity index (χ2v) is 12.2. The molecular weight excluding hydrogens is 520 g/mol. The summed E-state index contributed by atoms with van der Waals surface area (Å²) in [6.07, 6.45) is -2.31. The monoisotopic (exact) mass is 546 g/mol. The molecule has 3 rings (SSSR count). The molecule has 6 nitrogen and oxygen atoms in total. The van der Waals surface area contributed by atoms with Gasteiger partial charge < -0.3 is 5.32 Å². The van der Waals surface area contributed by atoms with Crippen LogP contribution in [0.25, 0.3) is 0 Å². The van der Waals surface area contributed by atoms with Crippen LogP contribution in [0.15, 0.2) is 72.7 Å². The normalized spacial score (nSPS) is 17.3. The van der Waals surface area contributed by atoms with E-state index >= 15 is 0 Å². The molecule has 12 heteroatoms. The Hall–Kier alpha value is -2.54. The lowest BCUT2D eigenvalue weighted by molar-refractivity contribution is -0.138. The van der Waals surface area contributed by atoms with E-state index in [4.69, 9.17) is 0 Å². The van der Waals surface area contributed by atoms with E-state index < -0.39 is 64.4 Å². The van der Waals surface area contributed by atoms with Crippen LogP contribution in [0, 0.1) is 5.82 Å². The summed E-state index contributed by atoms with van der Waals surface area (Å²) in [5.74, 6) is -0.837. The van der Waals surface area contributed by atoms with E-state index in [-0.39, 0.29) is 5.56 Å². The molecule has 2 atom stereocenters. The summed E-state index contributed by atoms with van der Waals surface area (Å²) in [4.78, 5) is -0.609. The van der Waals surface area contributed by atoms with E-state index in [1.165, 1.54) is 18.2 Å². The Morgan fingerprint density at radius 3 is 2.11 bits per heavy atom. The van der Waals surface area contributed by atoms with E-state index in [1.807, 2.05) is 0 Å².